The van der Waals surface area contributed by atoms with Crippen LogP contribution in [0.15, 0.2) is 22.7 Å². The van der Waals surface area contributed by atoms with Crippen LogP contribution in [0.3, 0.4) is 0 Å². The van der Waals surface area contributed by atoms with Gasteiger partial charge in [0, 0.05) is 23.3 Å². The highest BCUT2D eigenvalue weighted by Gasteiger charge is 2.21. The molecular formula is C17H22BrClN2. The maximum absolute atomic E-state index is 5.97. The van der Waals surface area contributed by atoms with Gasteiger partial charge < -0.3 is 4.57 Å². The summed E-state index contributed by atoms with van der Waals surface area (Å²) in [5.74, 6) is 3.45. The standard InChI is InChI=1S/C17H22BrClN2/c1-12-2-4-13(5-3-12)11-21-16-10-14(18)6-7-15(16)20-17(21)8-9-19/h6-7,10,12-13H,2-5,8-9,11H2,1H3. The quantitative estimate of drug-likeness (QED) is 0.659. The number of hydrogen-bond donors (Lipinski definition) is 0. The second-order valence-electron chi connectivity index (χ2n) is 6.34. The number of imidazole rings is 1. The van der Waals surface area contributed by atoms with Crippen molar-refractivity contribution in [1.29, 1.82) is 0 Å². The second-order valence-corrected chi connectivity index (χ2v) is 7.63. The van der Waals surface area contributed by atoms with E-state index in [1.54, 1.807) is 0 Å². The first-order valence-corrected chi connectivity index (χ1v) is 9.20. The molecule has 1 aliphatic carbocycles. The number of alkyl halides is 1. The molecule has 2 nitrogen and oxygen atoms in total. The molecule has 0 spiro atoms. The zero-order valence-corrected chi connectivity index (χ0v) is 14.8. The maximum Gasteiger partial charge on any atom is 0.111 e. The van der Waals surface area contributed by atoms with E-state index in [-0.39, 0.29) is 0 Å². The van der Waals surface area contributed by atoms with Crippen molar-refractivity contribution in [3.05, 3.63) is 28.5 Å². The van der Waals surface area contributed by atoms with Crippen molar-refractivity contribution >= 4 is 38.6 Å². The summed E-state index contributed by atoms with van der Waals surface area (Å²) in [6.45, 7) is 3.46. The first kappa shape index (κ1) is 15.4. The van der Waals surface area contributed by atoms with E-state index in [1.165, 1.54) is 31.2 Å². The monoisotopic (exact) mass is 368 g/mol. The van der Waals surface area contributed by atoms with Crippen LogP contribution in [0.2, 0.25) is 0 Å². The van der Waals surface area contributed by atoms with E-state index in [9.17, 15) is 0 Å². The van der Waals surface area contributed by atoms with Crippen LogP contribution in [-0.4, -0.2) is 15.4 Å². The van der Waals surface area contributed by atoms with E-state index >= 15 is 0 Å². The fourth-order valence-corrected chi connectivity index (χ4v) is 3.91. The van der Waals surface area contributed by atoms with Crippen molar-refractivity contribution in [3.8, 4) is 0 Å². The fraction of sp³-hybridized carbons (Fsp3) is 0.588. The van der Waals surface area contributed by atoms with Gasteiger partial charge in [-0.1, -0.05) is 35.7 Å². The lowest BCUT2D eigenvalue weighted by molar-refractivity contribution is 0.265. The number of hydrogen-bond acceptors (Lipinski definition) is 1. The van der Waals surface area contributed by atoms with Crippen molar-refractivity contribution in [2.45, 2.75) is 45.6 Å². The molecule has 1 fully saturated rings. The predicted octanol–water partition coefficient (Wildman–Crippen LogP) is 5.41. The zero-order chi connectivity index (χ0) is 14.8. The number of nitrogens with zero attached hydrogens (tertiary/aromatic N) is 2. The Bertz CT molecular complexity index is 615. The van der Waals surface area contributed by atoms with Crippen molar-refractivity contribution in [3.63, 3.8) is 0 Å². The van der Waals surface area contributed by atoms with Gasteiger partial charge in [0.1, 0.15) is 5.82 Å². The Morgan fingerprint density at radius 2 is 2.05 bits per heavy atom. The molecule has 4 heteroatoms. The molecule has 0 atom stereocenters. The smallest absolute Gasteiger partial charge is 0.111 e. The average molecular weight is 370 g/mol. The van der Waals surface area contributed by atoms with Crippen molar-refractivity contribution in [2.24, 2.45) is 11.8 Å². The van der Waals surface area contributed by atoms with E-state index < -0.39 is 0 Å². The molecule has 0 radical (unpaired) electrons. The van der Waals surface area contributed by atoms with Crippen LogP contribution in [0.4, 0.5) is 0 Å². The van der Waals surface area contributed by atoms with Gasteiger partial charge >= 0.3 is 0 Å². The molecule has 1 aliphatic rings. The highest BCUT2D eigenvalue weighted by atomic mass is 79.9. The van der Waals surface area contributed by atoms with Crippen LogP contribution in [0, 0.1) is 11.8 Å². The number of rotatable bonds is 4. The summed E-state index contributed by atoms with van der Waals surface area (Å²) >= 11 is 9.55. The maximum atomic E-state index is 5.97. The van der Waals surface area contributed by atoms with Gasteiger partial charge in [0.15, 0.2) is 0 Å². The molecule has 0 N–H and O–H groups in total. The Hall–Kier alpha value is -0.540. The molecule has 1 aromatic heterocycles. The highest BCUT2D eigenvalue weighted by Crippen LogP contribution is 2.31. The predicted molar refractivity (Wildman–Crippen MR) is 93.0 cm³/mol. The van der Waals surface area contributed by atoms with Crippen LogP contribution in [-0.2, 0) is 13.0 Å². The van der Waals surface area contributed by atoms with E-state index in [4.69, 9.17) is 16.6 Å². The fourth-order valence-electron chi connectivity index (χ4n) is 3.39. The molecule has 3 rings (SSSR count). The summed E-state index contributed by atoms with van der Waals surface area (Å²) in [6.07, 6.45) is 6.26. The molecule has 1 heterocycles. The molecule has 114 valence electrons. The Balaban J connectivity index is 1.91. The molecule has 0 bridgehead atoms. The van der Waals surface area contributed by atoms with E-state index in [0.717, 1.165) is 40.6 Å². The normalized spacial score (nSPS) is 22.8. The largest absolute Gasteiger partial charge is 0.328 e. The van der Waals surface area contributed by atoms with E-state index in [0.29, 0.717) is 5.88 Å². The Morgan fingerprint density at radius 3 is 2.76 bits per heavy atom. The minimum absolute atomic E-state index is 0.631. The third-order valence-corrected chi connectivity index (χ3v) is 5.37. The number of benzene rings is 1. The van der Waals surface area contributed by atoms with Crippen LogP contribution in [0.25, 0.3) is 11.0 Å². The van der Waals surface area contributed by atoms with Crippen LogP contribution in [0.5, 0.6) is 0 Å². The van der Waals surface area contributed by atoms with Gasteiger partial charge in [-0.05, 0) is 42.9 Å². The lowest BCUT2D eigenvalue weighted by Gasteiger charge is -2.27. The van der Waals surface area contributed by atoms with Crippen molar-refractivity contribution in [1.82, 2.24) is 9.55 Å². The Kier molecular flexibility index (Phi) is 4.90. The number of halogens is 2. The molecule has 21 heavy (non-hydrogen) atoms. The molecule has 0 amide bonds. The Morgan fingerprint density at radius 1 is 1.29 bits per heavy atom. The molecule has 0 saturated heterocycles. The van der Waals surface area contributed by atoms with Crippen molar-refractivity contribution in [2.75, 3.05) is 5.88 Å². The van der Waals surface area contributed by atoms with Crippen LogP contribution >= 0.6 is 27.5 Å². The lowest BCUT2D eigenvalue weighted by atomic mass is 9.83. The molecule has 1 saturated carbocycles. The van der Waals surface area contributed by atoms with Gasteiger partial charge in [0.2, 0.25) is 0 Å². The molecule has 0 unspecified atom stereocenters. The third kappa shape index (κ3) is 3.45. The van der Waals surface area contributed by atoms with Crippen LogP contribution < -0.4 is 0 Å². The molecule has 0 aliphatic heterocycles. The second kappa shape index (κ2) is 6.70. The molecule has 2 aromatic rings. The topological polar surface area (TPSA) is 17.8 Å². The van der Waals surface area contributed by atoms with Crippen LogP contribution in [0.1, 0.15) is 38.4 Å². The Labute approximate surface area is 140 Å². The lowest BCUT2D eigenvalue weighted by Crippen LogP contribution is -2.19. The summed E-state index contributed by atoms with van der Waals surface area (Å²) in [6, 6.07) is 6.34. The van der Waals surface area contributed by atoms with E-state index in [2.05, 4.69) is 45.6 Å². The highest BCUT2D eigenvalue weighted by molar-refractivity contribution is 9.10. The van der Waals surface area contributed by atoms with Gasteiger partial charge in [-0.15, -0.1) is 11.6 Å². The number of fused-ring (bicyclic) bond motifs is 1. The minimum Gasteiger partial charge on any atom is -0.328 e. The van der Waals surface area contributed by atoms with Gasteiger partial charge in [-0.3, -0.25) is 0 Å². The zero-order valence-electron chi connectivity index (χ0n) is 12.5. The molecule has 1 aromatic carbocycles. The van der Waals surface area contributed by atoms with E-state index in [1.807, 2.05) is 0 Å². The first-order valence-electron chi connectivity index (χ1n) is 7.88. The first-order chi connectivity index (χ1) is 10.2. The summed E-state index contributed by atoms with van der Waals surface area (Å²) in [5.41, 5.74) is 2.32. The summed E-state index contributed by atoms with van der Waals surface area (Å²) in [7, 11) is 0. The number of aryl methyl sites for hydroxylation is 1. The molecular weight excluding hydrogens is 348 g/mol. The van der Waals surface area contributed by atoms with Gasteiger partial charge in [-0.2, -0.15) is 0 Å². The van der Waals surface area contributed by atoms with Gasteiger partial charge in [-0.25, -0.2) is 4.98 Å². The van der Waals surface area contributed by atoms with Crippen molar-refractivity contribution < 1.29 is 0 Å². The summed E-state index contributed by atoms with van der Waals surface area (Å²) in [5, 5.41) is 0. The van der Waals surface area contributed by atoms with Gasteiger partial charge in [0.05, 0.1) is 11.0 Å². The third-order valence-electron chi connectivity index (χ3n) is 4.68. The summed E-state index contributed by atoms with van der Waals surface area (Å²) < 4.78 is 3.52. The number of aromatic nitrogens is 2. The minimum atomic E-state index is 0.631. The van der Waals surface area contributed by atoms with Gasteiger partial charge in [0.25, 0.3) is 0 Å². The average Bonchev–Trinajstić information content (AvgIpc) is 2.79. The SMILES string of the molecule is CC1CCC(Cn2c(CCCl)nc3ccc(Br)cc32)CC1. The summed E-state index contributed by atoms with van der Waals surface area (Å²) in [4.78, 5) is 4.78.